The summed E-state index contributed by atoms with van der Waals surface area (Å²) in [5.41, 5.74) is 2.86. The highest BCUT2D eigenvalue weighted by Gasteiger charge is 2.20. The van der Waals surface area contributed by atoms with Gasteiger partial charge in [-0.25, -0.2) is 14.6 Å². The second kappa shape index (κ2) is 9.58. The van der Waals surface area contributed by atoms with Gasteiger partial charge in [-0.15, -0.1) is 16.6 Å². The SMILES string of the molecule is C#CCSc1nc(Sc2nnnn2-c2ccccc2)c2nnn(Cc3ccccc3Cl)c2n1. The third-order valence-corrected chi connectivity index (χ3v) is 6.54. The average molecular weight is 492 g/mol. The number of hydrogen-bond acceptors (Lipinski definition) is 9. The minimum Gasteiger partial charge on any atom is -0.222 e. The molecule has 0 radical (unpaired) electrons. The van der Waals surface area contributed by atoms with Gasteiger partial charge in [-0.2, -0.15) is 4.68 Å². The minimum atomic E-state index is 0.415. The normalized spacial score (nSPS) is 11.0. The van der Waals surface area contributed by atoms with Crippen LogP contribution in [0.3, 0.4) is 0 Å². The molecule has 0 saturated heterocycles. The van der Waals surface area contributed by atoms with Crippen molar-refractivity contribution in [1.29, 1.82) is 0 Å². The van der Waals surface area contributed by atoms with E-state index in [4.69, 9.17) is 18.0 Å². The number of tetrazole rings is 1. The van der Waals surface area contributed by atoms with Crippen molar-refractivity contribution < 1.29 is 0 Å². The summed E-state index contributed by atoms with van der Waals surface area (Å²) in [4.78, 5) is 9.30. The predicted molar refractivity (Wildman–Crippen MR) is 127 cm³/mol. The number of para-hydroxylation sites is 1. The van der Waals surface area contributed by atoms with E-state index in [1.54, 1.807) is 9.36 Å². The van der Waals surface area contributed by atoms with Crippen molar-refractivity contribution in [3.8, 4) is 18.0 Å². The fourth-order valence-electron chi connectivity index (χ4n) is 3.01. The molecule has 0 saturated carbocycles. The Morgan fingerprint density at radius 3 is 2.61 bits per heavy atom. The Labute approximate surface area is 202 Å². The van der Waals surface area contributed by atoms with Gasteiger partial charge in [0.2, 0.25) is 5.16 Å². The molecule has 0 N–H and O–H groups in total. The van der Waals surface area contributed by atoms with Gasteiger partial charge < -0.3 is 0 Å². The average Bonchev–Trinajstić information content (AvgIpc) is 3.47. The van der Waals surface area contributed by atoms with Gasteiger partial charge in [0.1, 0.15) is 5.03 Å². The van der Waals surface area contributed by atoms with Crippen LogP contribution in [-0.4, -0.2) is 50.9 Å². The standard InChI is InChI=1S/C21H14ClN9S2/c1-2-12-32-20-23-18-17(25-28-30(18)13-14-8-6-7-11-16(14)22)19(24-20)33-21-26-27-29-31(21)15-9-4-3-5-10-15/h1,3-11H,12-13H2. The molecule has 0 amide bonds. The molecule has 0 bridgehead atoms. The van der Waals surface area contributed by atoms with Gasteiger partial charge in [0.05, 0.1) is 18.0 Å². The number of benzene rings is 2. The Kier molecular flexibility index (Phi) is 6.21. The monoisotopic (exact) mass is 491 g/mol. The molecule has 5 rings (SSSR count). The molecule has 0 aliphatic carbocycles. The number of aromatic nitrogens is 9. The second-order valence-corrected chi connectivity index (χ2v) is 8.93. The number of fused-ring (bicyclic) bond motifs is 1. The minimum absolute atomic E-state index is 0.415. The topological polar surface area (TPSA) is 100 Å². The molecule has 0 unspecified atom stereocenters. The maximum atomic E-state index is 6.34. The van der Waals surface area contributed by atoms with E-state index in [9.17, 15) is 0 Å². The molecular formula is C21H14ClN9S2. The van der Waals surface area contributed by atoms with Crippen molar-refractivity contribution in [3.05, 3.63) is 65.2 Å². The smallest absolute Gasteiger partial charge is 0.220 e. The number of hydrogen-bond donors (Lipinski definition) is 0. The molecule has 12 heteroatoms. The van der Waals surface area contributed by atoms with Crippen molar-refractivity contribution in [2.45, 2.75) is 21.9 Å². The molecule has 0 fully saturated rings. The lowest BCUT2D eigenvalue weighted by atomic mass is 10.2. The Morgan fingerprint density at radius 2 is 1.79 bits per heavy atom. The van der Waals surface area contributed by atoms with E-state index in [0.717, 1.165) is 11.3 Å². The summed E-state index contributed by atoms with van der Waals surface area (Å²) in [7, 11) is 0. The second-order valence-electron chi connectivity index (χ2n) is 6.63. The molecular weight excluding hydrogens is 478 g/mol. The number of nitrogens with zero attached hydrogens (tertiary/aromatic N) is 9. The third-order valence-electron chi connectivity index (χ3n) is 4.50. The molecule has 5 aromatic rings. The first-order valence-electron chi connectivity index (χ1n) is 9.65. The van der Waals surface area contributed by atoms with Crippen LogP contribution in [0.5, 0.6) is 0 Å². The van der Waals surface area contributed by atoms with E-state index in [1.165, 1.54) is 23.5 Å². The highest BCUT2D eigenvalue weighted by atomic mass is 35.5. The Hall–Kier alpha value is -3.46. The van der Waals surface area contributed by atoms with Crippen LogP contribution in [0.2, 0.25) is 5.02 Å². The maximum absolute atomic E-state index is 6.34. The van der Waals surface area contributed by atoms with Crippen LogP contribution >= 0.6 is 35.1 Å². The van der Waals surface area contributed by atoms with E-state index in [-0.39, 0.29) is 0 Å². The molecule has 3 heterocycles. The number of terminal acetylenes is 1. The zero-order chi connectivity index (χ0) is 22.6. The first-order valence-corrected chi connectivity index (χ1v) is 11.8. The summed E-state index contributed by atoms with van der Waals surface area (Å²) in [6.45, 7) is 0.415. The summed E-state index contributed by atoms with van der Waals surface area (Å²) < 4.78 is 3.34. The van der Waals surface area contributed by atoms with Crippen molar-refractivity contribution in [2.75, 3.05) is 5.75 Å². The maximum Gasteiger partial charge on any atom is 0.220 e. The highest BCUT2D eigenvalue weighted by molar-refractivity contribution is 8.00. The van der Waals surface area contributed by atoms with Crippen LogP contribution in [0, 0.1) is 12.3 Å². The van der Waals surface area contributed by atoms with E-state index in [2.05, 4.69) is 41.7 Å². The quantitative estimate of drug-likeness (QED) is 0.146. The fourth-order valence-corrected chi connectivity index (χ4v) is 4.62. The lowest BCUT2D eigenvalue weighted by molar-refractivity contribution is 0.661. The van der Waals surface area contributed by atoms with Crippen molar-refractivity contribution >= 4 is 46.3 Å². The Balaban J connectivity index is 1.56. The van der Waals surface area contributed by atoms with Crippen molar-refractivity contribution in [1.82, 2.24) is 45.2 Å². The Morgan fingerprint density at radius 1 is 0.970 bits per heavy atom. The predicted octanol–water partition coefficient (Wildman–Crippen LogP) is 3.78. The molecule has 9 nitrogen and oxygen atoms in total. The van der Waals surface area contributed by atoms with E-state index in [0.29, 0.717) is 43.8 Å². The van der Waals surface area contributed by atoms with Gasteiger partial charge in [-0.05, 0) is 46.0 Å². The summed E-state index contributed by atoms with van der Waals surface area (Å²) in [5.74, 6) is 3.03. The first-order chi connectivity index (χ1) is 16.2. The van der Waals surface area contributed by atoms with Crippen LogP contribution < -0.4 is 0 Å². The molecule has 162 valence electrons. The lowest BCUT2D eigenvalue weighted by Gasteiger charge is -2.07. The number of thioether (sulfide) groups is 1. The van der Waals surface area contributed by atoms with Gasteiger partial charge in [0.25, 0.3) is 0 Å². The van der Waals surface area contributed by atoms with E-state index < -0.39 is 0 Å². The lowest BCUT2D eigenvalue weighted by Crippen LogP contribution is -2.04. The van der Waals surface area contributed by atoms with Crippen LogP contribution in [0.15, 0.2) is 69.9 Å². The molecule has 0 spiro atoms. The number of rotatable bonds is 7. The van der Waals surface area contributed by atoms with Gasteiger partial charge in [-0.1, -0.05) is 70.9 Å². The number of halogens is 1. The van der Waals surface area contributed by atoms with Gasteiger partial charge in [0.15, 0.2) is 16.3 Å². The summed E-state index contributed by atoms with van der Waals surface area (Å²) in [6.07, 6.45) is 5.44. The van der Waals surface area contributed by atoms with Crippen LogP contribution in [0.25, 0.3) is 16.9 Å². The van der Waals surface area contributed by atoms with Crippen molar-refractivity contribution in [3.63, 3.8) is 0 Å². The van der Waals surface area contributed by atoms with Crippen LogP contribution in [0.4, 0.5) is 0 Å². The zero-order valence-corrected chi connectivity index (χ0v) is 19.3. The van der Waals surface area contributed by atoms with E-state index >= 15 is 0 Å². The Bertz CT molecular complexity index is 1460. The van der Waals surface area contributed by atoms with E-state index in [1.807, 2.05) is 54.6 Å². The van der Waals surface area contributed by atoms with Gasteiger partial charge in [0, 0.05) is 5.02 Å². The van der Waals surface area contributed by atoms with Crippen LogP contribution in [-0.2, 0) is 6.54 Å². The third kappa shape index (κ3) is 4.54. The zero-order valence-electron chi connectivity index (χ0n) is 16.9. The van der Waals surface area contributed by atoms with Gasteiger partial charge in [-0.3, -0.25) is 0 Å². The van der Waals surface area contributed by atoms with Crippen LogP contribution in [0.1, 0.15) is 5.56 Å². The highest BCUT2D eigenvalue weighted by Crippen LogP contribution is 2.32. The van der Waals surface area contributed by atoms with Crippen molar-refractivity contribution in [2.24, 2.45) is 0 Å². The summed E-state index contributed by atoms with van der Waals surface area (Å²) in [5, 5.41) is 23.0. The molecule has 33 heavy (non-hydrogen) atoms. The van der Waals surface area contributed by atoms with Gasteiger partial charge >= 0.3 is 0 Å². The molecule has 3 aromatic heterocycles. The largest absolute Gasteiger partial charge is 0.222 e. The molecule has 0 aliphatic rings. The molecule has 0 aliphatic heterocycles. The summed E-state index contributed by atoms with van der Waals surface area (Å²) >= 11 is 8.99. The molecule has 2 aromatic carbocycles. The molecule has 0 atom stereocenters. The first kappa shape index (κ1) is 21.4. The fraction of sp³-hybridized carbons (Fsp3) is 0.0952. The summed E-state index contributed by atoms with van der Waals surface area (Å²) in [6, 6.07) is 17.2.